The zero-order valence-corrected chi connectivity index (χ0v) is 12.8. The van der Waals surface area contributed by atoms with E-state index in [4.69, 9.17) is 0 Å². The first kappa shape index (κ1) is 15.3. The van der Waals surface area contributed by atoms with Crippen LogP contribution in [0.3, 0.4) is 0 Å². The van der Waals surface area contributed by atoms with Crippen LogP contribution in [-0.2, 0) is 0 Å². The van der Waals surface area contributed by atoms with E-state index in [-0.39, 0.29) is 18.3 Å². The molecule has 4 heteroatoms. The number of carbonyl (C=O) groups excluding carboxylic acids is 1. The zero-order valence-electron chi connectivity index (χ0n) is 12.0. The number of amides is 1. The molecule has 20 heavy (non-hydrogen) atoms. The van der Waals surface area contributed by atoms with E-state index >= 15 is 0 Å². The Labute approximate surface area is 127 Å². The molecule has 1 aromatic rings. The van der Waals surface area contributed by atoms with Crippen molar-refractivity contribution in [2.24, 2.45) is 5.41 Å². The Kier molecular flexibility index (Phi) is 4.71. The molecular weight excluding hydrogens is 272 g/mol. The summed E-state index contributed by atoms with van der Waals surface area (Å²) in [6.07, 6.45) is 3.58. The minimum absolute atomic E-state index is 0. The zero-order chi connectivity index (χ0) is 13.3. The van der Waals surface area contributed by atoms with Crippen molar-refractivity contribution in [3.63, 3.8) is 0 Å². The number of hydrogen-bond donors (Lipinski definition) is 1. The third kappa shape index (κ3) is 2.99. The molecular formula is C16H23ClN2O. The van der Waals surface area contributed by atoms with Crippen LogP contribution in [0, 0.1) is 12.3 Å². The van der Waals surface area contributed by atoms with E-state index < -0.39 is 0 Å². The smallest absolute Gasteiger partial charge is 0.253 e. The number of likely N-dealkylation sites (tertiary alicyclic amines) is 1. The second kappa shape index (κ2) is 6.15. The van der Waals surface area contributed by atoms with Crippen molar-refractivity contribution in [2.45, 2.75) is 26.2 Å². The fourth-order valence-electron chi connectivity index (χ4n) is 3.29. The maximum absolute atomic E-state index is 12.4. The van der Waals surface area contributed by atoms with Crippen LogP contribution in [0.2, 0.25) is 0 Å². The van der Waals surface area contributed by atoms with E-state index in [1.807, 2.05) is 36.1 Å². The van der Waals surface area contributed by atoms with Gasteiger partial charge in [0, 0.05) is 25.2 Å². The normalized spacial score (nSPS) is 20.8. The highest BCUT2D eigenvalue weighted by atomic mass is 35.5. The number of halogens is 1. The van der Waals surface area contributed by atoms with Gasteiger partial charge < -0.3 is 10.2 Å². The molecule has 0 unspecified atom stereocenters. The summed E-state index contributed by atoms with van der Waals surface area (Å²) < 4.78 is 0. The molecule has 0 aromatic heterocycles. The van der Waals surface area contributed by atoms with E-state index in [2.05, 4.69) is 5.32 Å². The summed E-state index contributed by atoms with van der Waals surface area (Å²) in [5.41, 5.74) is 2.50. The summed E-state index contributed by atoms with van der Waals surface area (Å²) >= 11 is 0. The van der Waals surface area contributed by atoms with Gasteiger partial charge in [-0.3, -0.25) is 4.79 Å². The van der Waals surface area contributed by atoms with E-state index in [0.717, 1.165) is 44.6 Å². The van der Waals surface area contributed by atoms with Crippen LogP contribution in [0.5, 0.6) is 0 Å². The average Bonchev–Trinajstić information content (AvgIpc) is 2.88. The number of rotatable bonds is 1. The summed E-state index contributed by atoms with van der Waals surface area (Å²) in [4.78, 5) is 14.4. The Bertz CT molecular complexity index is 456. The first-order valence-corrected chi connectivity index (χ1v) is 7.25. The van der Waals surface area contributed by atoms with Crippen molar-refractivity contribution < 1.29 is 4.79 Å². The molecule has 2 heterocycles. The van der Waals surface area contributed by atoms with E-state index in [1.165, 1.54) is 12.0 Å². The third-order valence-electron chi connectivity index (χ3n) is 4.74. The number of piperidine rings is 1. The Morgan fingerprint density at radius 2 is 1.80 bits per heavy atom. The predicted molar refractivity (Wildman–Crippen MR) is 83.5 cm³/mol. The molecule has 2 aliphatic heterocycles. The Balaban J connectivity index is 0.00000147. The van der Waals surface area contributed by atoms with Gasteiger partial charge in [0.25, 0.3) is 5.91 Å². The van der Waals surface area contributed by atoms with Gasteiger partial charge in [-0.1, -0.05) is 17.7 Å². The van der Waals surface area contributed by atoms with Crippen LogP contribution in [0.4, 0.5) is 0 Å². The Morgan fingerprint density at radius 1 is 1.15 bits per heavy atom. The lowest BCUT2D eigenvalue weighted by atomic mass is 9.78. The van der Waals surface area contributed by atoms with Gasteiger partial charge in [-0.05, 0) is 50.3 Å². The summed E-state index contributed by atoms with van der Waals surface area (Å²) in [7, 11) is 0. The van der Waals surface area contributed by atoms with Crippen LogP contribution in [-0.4, -0.2) is 37.0 Å². The van der Waals surface area contributed by atoms with Crippen molar-refractivity contribution in [2.75, 3.05) is 26.2 Å². The predicted octanol–water partition coefficient (Wildman–Crippen LogP) is 2.63. The molecule has 2 fully saturated rings. The van der Waals surface area contributed by atoms with Gasteiger partial charge in [-0.15, -0.1) is 12.4 Å². The minimum atomic E-state index is 0. The van der Waals surface area contributed by atoms with Gasteiger partial charge >= 0.3 is 0 Å². The van der Waals surface area contributed by atoms with Crippen molar-refractivity contribution in [1.82, 2.24) is 10.2 Å². The lowest BCUT2D eigenvalue weighted by Crippen LogP contribution is -2.44. The lowest BCUT2D eigenvalue weighted by molar-refractivity contribution is 0.0607. The maximum atomic E-state index is 12.4. The molecule has 0 bridgehead atoms. The van der Waals surface area contributed by atoms with Crippen molar-refractivity contribution in [1.29, 1.82) is 0 Å². The molecule has 2 aliphatic rings. The monoisotopic (exact) mass is 294 g/mol. The molecule has 0 saturated carbocycles. The summed E-state index contributed by atoms with van der Waals surface area (Å²) in [5.74, 6) is 0.195. The molecule has 3 nitrogen and oxygen atoms in total. The number of nitrogens with zero attached hydrogens (tertiary/aromatic N) is 1. The Hall–Kier alpha value is -1.06. The first-order valence-electron chi connectivity index (χ1n) is 7.25. The summed E-state index contributed by atoms with van der Waals surface area (Å²) in [5, 5.41) is 3.46. The standard InChI is InChI=1S/C16H22N2O.ClH/c1-13-2-4-14(5-3-13)15(19)18-10-7-16(8-11-18)6-9-17-12-16;/h2-5,17H,6-12H2,1H3;1H. The molecule has 3 rings (SSSR count). The molecule has 1 amide bonds. The maximum Gasteiger partial charge on any atom is 0.253 e. The average molecular weight is 295 g/mol. The van der Waals surface area contributed by atoms with Gasteiger partial charge in [0.2, 0.25) is 0 Å². The Morgan fingerprint density at radius 3 is 2.35 bits per heavy atom. The third-order valence-corrected chi connectivity index (χ3v) is 4.74. The molecule has 0 atom stereocenters. The quantitative estimate of drug-likeness (QED) is 0.863. The second-order valence-electron chi connectivity index (χ2n) is 6.09. The molecule has 0 radical (unpaired) electrons. The molecule has 0 aliphatic carbocycles. The lowest BCUT2D eigenvalue weighted by Gasteiger charge is -2.38. The molecule has 1 aromatic carbocycles. The van der Waals surface area contributed by atoms with E-state index in [9.17, 15) is 4.79 Å². The van der Waals surface area contributed by atoms with Gasteiger partial charge in [0.1, 0.15) is 0 Å². The van der Waals surface area contributed by atoms with Crippen LogP contribution in [0.1, 0.15) is 35.2 Å². The number of nitrogens with one attached hydrogen (secondary N) is 1. The van der Waals surface area contributed by atoms with Gasteiger partial charge in [-0.2, -0.15) is 0 Å². The van der Waals surface area contributed by atoms with Crippen LogP contribution >= 0.6 is 12.4 Å². The molecule has 1 N–H and O–H groups in total. The van der Waals surface area contributed by atoms with E-state index in [0.29, 0.717) is 5.41 Å². The van der Waals surface area contributed by atoms with Crippen LogP contribution < -0.4 is 5.32 Å². The van der Waals surface area contributed by atoms with Crippen molar-refractivity contribution >= 4 is 18.3 Å². The number of benzene rings is 1. The molecule has 2 saturated heterocycles. The van der Waals surface area contributed by atoms with E-state index in [1.54, 1.807) is 0 Å². The van der Waals surface area contributed by atoms with Crippen molar-refractivity contribution in [3.8, 4) is 0 Å². The number of carbonyl (C=O) groups is 1. The van der Waals surface area contributed by atoms with Crippen molar-refractivity contribution in [3.05, 3.63) is 35.4 Å². The van der Waals surface area contributed by atoms with Gasteiger partial charge in [-0.25, -0.2) is 0 Å². The fraction of sp³-hybridized carbons (Fsp3) is 0.562. The van der Waals surface area contributed by atoms with Gasteiger partial charge in [0.15, 0.2) is 0 Å². The summed E-state index contributed by atoms with van der Waals surface area (Å²) in [6, 6.07) is 7.91. The molecule has 1 spiro atoms. The molecule has 110 valence electrons. The minimum Gasteiger partial charge on any atom is -0.339 e. The highest BCUT2D eigenvalue weighted by molar-refractivity contribution is 5.94. The van der Waals surface area contributed by atoms with Gasteiger partial charge in [0.05, 0.1) is 0 Å². The van der Waals surface area contributed by atoms with Crippen LogP contribution in [0.25, 0.3) is 0 Å². The highest BCUT2D eigenvalue weighted by Gasteiger charge is 2.38. The largest absolute Gasteiger partial charge is 0.339 e. The summed E-state index contributed by atoms with van der Waals surface area (Å²) in [6.45, 7) is 6.15. The second-order valence-corrected chi connectivity index (χ2v) is 6.09. The van der Waals surface area contributed by atoms with Crippen LogP contribution in [0.15, 0.2) is 24.3 Å². The highest BCUT2D eigenvalue weighted by Crippen LogP contribution is 2.37. The number of hydrogen-bond acceptors (Lipinski definition) is 2. The fourth-order valence-corrected chi connectivity index (χ4v) is 3.29. The first-order chi connectivity index (χ1) is 9.19. The number of aryl methyl sites for hydroxylation is 1. The SMILES string of the molecule is Cc1ccc(C(=O)N2CCC3(CCNC3)CC2)cc1.Cl. The topological polar surface area (TPSA) is 32.3 Å².